The minimum atomic E-state index is -4.65. The molecule has 1 rings (SSSR count). The molecule has 1 aromatic rings. The van der Waals surface area contributed by atoms with Crippen LogP contribution in [0.2, 0.25) is 0 Å². The molecule has 36 heavy (non-hydrogen) atoms. The number of carbonyl (C=O) groups is 2. The first kappa shape index (κ1) is 31.4. The Bertz CT molecular complexity index is 903. The Kier molecular flexibility index (Phi) is 16.2. The number of benzene rings is 1. The molecule has 0 aromatic heterocycles. The highest BCUT2D eigenvalue weighted by Crippen LogP contribution is 2.37. The van der Waals surface area contributed by atoms with Gasteiger partial charge in [0.15, 0.2) is 0 Å². The SMILES string of the molecule is CC/C=C\C/C=C\C/C=C\CCCCCCCC(=O)N[C@@H](Cc1ccc(OP(=O)(O)O)cc1)C(=O)O. The first-order valence-corrected chi connectivity index (χ1v) is 14.1. The summed E-state index contributed by atoms with van der Waals surface area (Å²) in [6.07, 6.45) is 22.4. The lowest BCUT2D eigenvalue weighted by Gasteiger charge is -2.15. The van der Waals surface area contributed by atoms with E-state index in [4.69, 9.17) is 9.79 Å². The van der Waals surface area contributed by atoms with Crippen molar-refractivity contribution in [3.05, 3.63) is 66.3 Å². The second-order valence-electron chi connectivity index (χ2n) is 8.49. The number of hydrogen-bond acceptors (Lipinski definition) is 4. The molecular weight excluding hydrogens is 481 g/mol. The van der Waals surface area contributed by atoms with Gasteiger partial charge in [0.2, 0.25) is 5.91 Å². The van der Waals surface area contributed by atoms with Crippen molar-refractivity contribution in [3.63, 3.8) is 0 Å². The monoisotopic (exact) mass is 521 g/mol. The molecule has 0 aliphatic rings. The van der Waals surface area contributed by atoms with Crippen molar-refractivity contribution in [2.45, 2.75) is 83.6 Å². The number of phosphoric ester groups is 1. The largest absolute Gasteiger partial charge is 0.524 e. The molecule has 1 atom stereocenters. The Labute approximate surface area is 214 Å². The number of nitrogens with one attached hydrogen (secondary N) is 1. The van der Waals surface area contributed by atoms with Crippen LogP contribution in [0.25, 0.3) is 0 Å². The average molecular weight is 522 g/mol. The van der Waals surface area contributed by atoms with E-state index in [1.807, 2.05) is 0 Å². The van der Waals surface area contributed by atoms with E-state index in [1.54, 1.807) is 0 Å². The van der Waals surface area contributed by atoms with Gasteiger partial charge in [-0.05, 0) is 56.2 Å². The fourth-order valence-corrected chi connectivity index (χ4v) is 3.83. The van der Waals surface area contributed by atoms with E-state index < -0.39 is 19.8 Å². The van der Waals surface area contributed by atoms with Gasteiger partial charge < -0.3 is 14.9 Å². The molecule has 1 aromatic carbocycles. The minimum Gasteiger partial charge on any atom is -0.480 e. The number of carboxylic acids is 1. The van der Waals surface area contributed by atoms with Crippen molar-refractivity contribution in [3.8, 4) is 5.75 Å². The van der Waals surface area contributed by atoms with Crippen molar-refractivity contribution in [2.24, 2.45) is 0 Å². The summed E-state index contributed by atoms with van der Waals surface area (Å²) >= 11 is 0. The molecule has 1 amide bonds. The summed E-state index contributed by atoms with van der Waals surface area (Å²) in [5.41, 5.74) is 0.593. The Balaban J connectivity index is 2.19. The fourth-order valence-electron chi connectivity index (χ4n) is 3.43. The highest BCUT2D eigenvalue weighted by Gasteiger charge is 2.21. The molecule has 0 unspecified atom stereocenters. The fraction of sp³-hybridized carbons (Fsp3) is 0.481. The van der Waals surface area contributed by atoms with Crippen molar-refractivity contribution >= 4 is 19.7 Å². The first-order valence-electron chi connectivity index (χ1n) is 12.5. The van der Waals surface area contributed by atoms with Crippen LogP contribution < -0.4 is 9.84 Å². The summed E-state index contributed by atoms with van der Waals surface area (Å²) in [7, 11) is -4.65. The molecular formula is C27H40NO7P. The molecule has 9 heteroatoms. The molecule has 0 aliphatic heterocycles. The maximum Gasteiger partial charge on any atom is 0.524 e. The molecule has 0 saturated carbocycles. The number of carboxylic acid groups (broad SMARTS) is 1. The number of amides is 1. The summed E-state index contributed by atoms with van der Waals surface area (Å²) in [6.45, 7) is 2.13. The maximum absolute atomic E-state index is 12.2. The number of aliphatic carboxylic acids is 1. The molecule has 200 valence electrons. The summed E-state index contributed by atoms with van der Waals surface area (Å²) < 4.78 is 15.3. The van der Waals surface area contributed by atoms with Gasteiger partial charge in [0.25, 0.3) is 0 Å². The van der Waals surface area contributed by atoms with Crippen LogP contribution in [-0.2, 0) is 20.6 Å². The van der Waals surface area contributed by atoms with Gasteiger partial charge in [0, 0.05) is 12.8 Å². The lowest BCUT2D eigenvalue weighted by atomic mass is 10.0. The van der Waals surface area contributed by atoms with E-state index in [0.29, 0.717) is 12.0 Å². The predicted octanol–water partition coefficient (Wildman–Crippen LogP) is 5.86. The van der Waals surface area contributed by atoms with Gasteiger partial charge >= 0.3 is 13.8 Å². The van der Waals surface area contributed by atoms with Crippen LogP contribution in [0.15, 0.2) is 60.7 Å². The third-order valence-corrected chi connectivity index (χ3v) is 5.72. The van der Waals surface area contributed by atoms with Crippen molar-refractivity contribution in [1.29, 1.82) is 0 Å². The van der Waals surface area contributed by atoms with Crippen LogP contribution in [-0.4, -0.2) is 32.8 Å². The smallest absolute Gasteiger partial charge is 0.480 e. The van der Waals surface area contributed by atoms with E-state index in [0.717, 1.165) is 51.4 Å². The summed E-state index contributed by atoms with van der Waals surface area (Å²) in [6, 6.07) is 4.61. The number of unbranched alkanes of at least 4 members (excludes halogenated alkanes) is 5. The summed E-state index contributed by atoms with van der Waals surface area (Å²) in [4.78, 5) is 41.4. The van der Waals surface area contributed by atoms with E-state index in [1.165, 1.54) is 24.3 Å². The van der Waals surface area contributed by atoms with Gasteiger partial charge in [-0.15, -0.1) is 0 Å². The van der Waals surface area contributed by atoms with E-state index in [-0.39, 0.29) is 24.5 Å². The second kappa shape index (κ2) is 18.6. The molecule has 4 N–H and O–H groups in total. The number of allylic oxidation sites excluding steroid dienone is 6. The standard InChI is InChI=1S/C27H40NO7P/c1-2-3-4-5-6-7-8-9-10-11-12-13-14-15-16-17-26(29)28-25(27(30)31)22-23-18-20-24(21-19-23)35-36(32,33)34/h3-4,6-7,9-10,18-21,25H,2,5,8,11-17,22H2,1H3,(H,28,29)(H,30,31)(H2,32,33,34)/b4-3-,7-6-,10-9-/t25-/m0/s1. The number of rotatable bonds is 19. The Morgan fingerprint density at radius 1 is 0.917 bits per heavy atom. The molecule has 0 bridgehead atoms. The van der Waals surface area contributed by atoms with Crippen molar-refractivity contribution in [2.75, 3.05) is 0 Å². The molecule has 0 radical (unpaired) electrons. The summed E-state index contributed by atoms with van der Waals surface area (Å²) in [5.74, 6) is -1.47. The van der Waals surface area contributed by atoms with Crippen LogP contribution in [0.5, 0.6) is 5.75 Å². The number of carbonyl (C=O) groups excluding carboxylic acids is 1. The molecule has 0 spiro atoms. The lowest BCUT2D eigenvalue weighted by Crippen LogP contribution is -2.42. The van der Waals surface area contributed by atoms with Gasteiger partial charge in [-0.25, -0.2) is 9.36 Å². The Morgan fingerprint density at radius 2 is 1.50 bits per heavy atom. The lowest BCUT2D eigenvalue weighted by molar-refractivity contribution is -0.141. The quantitative estimate of drug-likeness (QED) is 0.102. The van der Waals surface area contributed by atoms with Gasteiger partial charge in [-0.3, -0.25) is 14.6 Å². The Hall–Kier alpha value is -2.67. The molecule has 0 saturated heterocycles. The zero-order chi connectivity index (χ0) is 26.7. The highest BCUT2D eigenvalue weighted by molar-refractivity contribution is 7.46. The van der Waals surface area contributed by atoms with Crippen LogP contribution in [0, 0.1) is 0 Å². The highest BCUT2D eigenvalue weighted by atomic mass is 31.2. The molecule has 0 fully saturated rings. The molecule has 0 aliphatic carbocycles. The number of phosphoric acid groups is 1. The van der Waals surface area contributed by atoms with E-state index >= 15 is 0 Å². The van der Waals surface area contributed by atoms with Gasteiger partial charge in [0.1, 0.15) is 11.8 Å². The summed E-state index contributed by atoms with van der Waals surface area (Å²) in [5, 5.41) is 12.0. The molecule has 8 nitrogen and oxygen atoms in total. The topological polar surface area (TPSA) is 133 Å². The third kappa shape index (κ3) is 16.9. The van der Waals surface area contributed by atoms with Crippen molar-refractivity contribution in [1.82, 2.24) is 5.32 Å². The first-order chi connectivity index (χ1) is 17.2. The van der Waals surface area contributed by atoms with Gasteiger partial charge in [-0.1, -0.05) is 74.8 Å². The zero-order valence-corrected chi connectivity index (χ0v) is 21.9. The van der Waals surface area contributed by atoms with E-state index in [2.05, 4.69) is 53.2 Å². The number of hydrogen-bond donors (Lipinski definition) is 4. The van der Waals surface area contributed by atoms with Crippen LogP contribution in [0.1, 0.15) is 76.7 Å². The third-order valence-electron chi connectivity index (χ3n) is 5.28. The molecule has 0 heterocycles. The average Bonchev–Trinajstić information content (AvgIpc) is 2.81. The minimum absolute atomic E-state index is 0.0257. The second-order valence-corrected chi connectivity index (χ2v) is 9.65. The maximum atomic E-state index is 12.2. The van der Waals surface area contributed by atoms with Crippen LogP contribution >= 0.6 is 7.82 Å². The van der Waals surface area contributed by atoms with E-state index in [9.17, 15) is 19.3 Å². The van der Waals surface area contributed by atoms with Crippen molar-refractivity contribution < 1.29 is 33.6 Å². The van der Waals surface area contributed by atoms with Gasteiger partial charge in [-0.2, -0.15) is 0 Å². The Morgan fingerprint density at radius 3 is 2.11 bits per heavy atom. The van der Waals surface area contributed by atoms with Crippen LogP contribution in [0.3, 0.4) is 0 Å². The van der Waals surface area contributed by atoms with Crippen LogP contribution in [0.4, 0.5) is 0 Å². The normalized spacial score (nSPS) is 13.0. The van der Waals surface area contributed by atoms with Gasteiger partial charge in [0.05, 0.1) is 0 Å². The zero-order valence-electron chi connectivity index (χ0n) is 21.1. The predicted molar refractivity (Wildman–Crippen MR) is 142 cm³/mol.